The van der Waals surface area contributed by atoms with Gasteiger partial charge in [0.2, 0.25) is 0 Å². The number of unbranched alkanes of at least 4 members (excludes halogenated alkanes) is 33. The summed E-state index contributed by atoms with van der Waals surface area (Å²) in [5.74, 6) is -0.596. The third kappa shape index (κ3) is 57.7. The van der Waals surface area contributed by atoms with Crippen molar-refractivity contribution in [2.75, 3.05) is 13.2 Å². The van der Waals surface area contributed by atoms with Crippen molar-refractivity contribution < 1.29 is 24.2 Å². The second kappa shape index (κ2) is 60.4. The van der Waals surface area contributed by atoms with Gasteiger partial charge in [-0.05, 0) is 89.9 Å². The molecule has 0 aliphatic heterocycles. The molecular weight excluding hydrogens is 861 g/mol. The third-order valence-electron chi connectivity index (χ3n) is 13.2. The molecule has 0 aromatic heterocycles. The van der Waals surface area contributed by atoms with E-state index in [0.29, 0.717) is 12.8 Å². The molecule has 5 heteroatoms. The lowest BCUT2D eigenvalue weighted by Gasteiger charge is -2.15. The van der Waals surface area contributed by atoms with Crippen LogP contribution < -0.4 is 0 Å². The van der Waals surface area contributed by atoms with E-state index in [1.54, 1.807) is 0 Å². The van der Waals surface area contributed by atoms with Crippen molar-refractivity contribution in [3.05, 3.63) is 85.1 Å². The molecule has 0 aromatic rings. The third-order valence-corrected chi connectivity index (χ3v) is 13.2. The molecule has 0 fully saturated rings. The lowest BCUT2D eigenvalue weighted by atomic mass is 10.0. The molecule has 5 nitrogen and oxygen atoms in total. The Morgan fingerprint density at radius 1 is 0.343 bits per heavy atom. The molecule has 0 heterocycles. The normalized spacial score (nSPS) is 12.8. The summed E-state index contributed by atoms with van der Waals surface area (Å²) in [6.07, 6.45) is 84.3. The largest absolute Gasteiger partial charge is 0.462 e. The number of hydrogen-bond acceptors (Lipinski definition) is 5. The maximum atomic E-state index is 12.3. The quantitative estimate of drug-likeness (QED) is 0.0373. The first-order valence-electron chi connectivity index (χ1n) is 30.1. The van der Waals surface area contributed by atoms with Crippen molar-refractivity contribution in [3.8, 4) is 0 Å². The van der Waals surface area contributed by atoms with E-state index in [1.165, 1.54) is 186 Å². The van der Waals surface area contributed by atoms with Crippen LogP contribution in [0.2, 0.25) is 0 Å². The molecule has 0 radical (unpaired) electrons. The number of hydrogen-bond donors (Lipinski definition) is 1. The monoisotopic (exact) mass is 975 g/mol. The Balaban J connectivity index is 3.46. The maximum absolute atomic E-state index is 12.3. The van der Waals surface area contributed by atoms with Crippen molar-refractivity contribution >= 4 is 11.9 Å². The van der Waals surface area contributed by atoms with Gasteiger partial charge in [-0.2, -0.15) is 0 Å². The van der Waals surface area contributed by atoms with Gasteiger partial charge >= 0.3 is 11.9 Å². The second-order valence-corrected chi connectivity index (χ2v) is 20.0. The summed E-state index contributed by atoms with van der Waals surface area (Å²) in [7, 11) is 0. The predicted molar refractivity (Wildman–Crippen MR) is 306 cm³/mol. The predicted octanol–water partition coefficient (Wildman–Crippen LogP) is 20.5. The lowest BCUT2D eigenvalue weighted by molar-refractivity contribution is -0.161. The van der Waals surface area contributed by atoms with Gasteiger partial charge in [-0.3, -0.25) is 9.59 Å². The first kappa shape index (κ1) is 67.1. The SMILES string of the molecule is CC/C=C\C/C=C\C/C=C\C/C=C\C/C=C\CCCCCCCCCC(=O)OC(CO)COC(=O)CCCCCCCCCCCCCCCCCCCCCCC/C=C\C/C=C\CCCCCCC. The molecule has 1 N–H and O–H groups in total. The van der Waals surface area contributed by atoms with Crippen molar-refractivity contribution in [2.24, 2.45) is 0 Å². The van der Waals surface area contributed by atoms with Crippen LogP contribution in [0.4, 0.5) is 0 Å². The molecule has 0 aliphatic rings. The van der Waals surface area contributed by atoms with Crippen LogP contribution in [-0.2, 0) is 19.1 Å². The van der Waals surface area contributed by atoms with Gasteiger partial charge in [0.25, 0.3) is 0 Å². The van der Waals surface area contributed by atoms with Gasteiger partial charge in [-0.15, -0.1) is 0 Å². The highest BCUT2D eigenvalue weighted by Crippen LogP contribution is 2.17. The maximum Gasteiger partial charge on any atom is 0.306 e. The zero-order valence-electron chi connectivity index (χ0n) is 46.3. The minimum Gasteiger partial charge on any atom is -0.462 e. The van der Waals surface area contributed by atoms with E-state index in [-0.39, 0.29) is 25.2 Å². The van der Waals surface area contributed by atoms with Gasteiger partial charge in [0.15, 0.2) is 6.10 Å². The Hall–Kier alpha value is -2.92. The first-order chi connectivity index (χ1) is 34.6. The van der Waals surface area contributed by atoms with E-state index in [0.717, 1.165) is 83.5 Å². The topological polar surface area (TPSA) is 72.8 Å². The van der Waals surface area contributed by atoms with Crippen molar-refractivity contribution in [1.29, 1.82) is 0 Å². The molecule has 1 unspecified atom stereocenters. The molecule has 0 amide bonds. The van der Waals surface area contributed by atoms with Crippen LogP contribution in [-0.4, -0.2) is 36.4 Å². The number of carbonyl (C=O) groups excluding carboxylic acids is 2. The van der Waals surface area contributed by atoms with Crippen LogP contribution in [0.1, 0.15) is 296 Å². The summed E-state index contributed by atoms with van der Waals surface area (Å²) < 4.78 is 10.7. The number of aliphatic hydroxyl groups excluding tert-OH is 1. The highest BCUT2D eigenvalue weighted by Gasteiger charge is 2.16. The molecule has 0 spiro atoms. The fourth-order valence-electron chi connectivity index (χ4n) is 8.67. The average molecular weight is 976 g/mol. The Labute approximate surface area is 435 Å². The molecule has 0 saturated carbocycles. The van der Waals surface area contributed by atoms with E-state index in [2.05, 4.69) is 98.9 Å². The number of ether oxygens (including phenoxy) is 2. The van der Waals surface area contributed by atoms with Crippen LogP contribution in [0.3, 0.4) is 0 Å². The Kier molecular flexibility index (Phi) is 57.9. The standard InChI is InChI=1S/C65H114O5/c1-3-5-7-9-11-13-15-17-19-21-23-25-27-28-29-30-31-32-33-34-35-36-38-39-41-43-45-47-49-51-53-55-57-59-64(67)69-62-63(61-66)70-65(68)60-58-56-54-52-50-48-46-44-42-40-37-26-24-22-20-18-16-14-12-10-8-6-4-2/h6,8,12,14-15,17-18,20-21,23-24,26,40,42,63,66H,3-5,7,9-11,13,16,19,22,25,27-39,41,43-62H2,1-2H3/b8-6-,14-12-,17-15-,20-18-,23-21-,26-24-,42-40-. The summed E-state index contributed by atoms with van der Waals surface area (Å²) in [5, 5.41) is 9.66. The fraction of sp³-hybridized carbons (Fsp3) is 0.754. The van der Waals surface area contributed by atoms with E-state index < -0.39 is 6.10 Å². The molecule has 0 aromatic carbocycles. The van der Waals surface area contributed by atoms with Crippen molar-refractivity contribution in [3.63, 3.8) is 0 Å². The molecule has 0 rings (SSSR count). The van der Waals surface area contributed by atoms with Crippen LogP contribution in [0.15, 0.2) is 85.1 Å². The van der Waals surface area contributed by atoms with Crippen LogP contribution in [0.25, 0.3) is 0 Å². The number of carbonyl (C=O) groups is 2. The van der Waals surface area contributed by atoms with E-state index in [9.17, 15) is 14.7 Å². The molecule has 1 atom stereocenters. The molecule has 70 heavy (non-hydrogen) atoms. The van der Waals surface area contributed by atoms with E-state index in [1.807, 2.05) is 0 Å². The number of aliphatic hydroxyl groups is 1. The molecule has 404 valence electrons. The minimum atomic E-state index is -0.782. The molecule has 0 aliphatic carbocycles. The molecule has 0 bridgehead atoms. The van der Waals surface area contributed by atoms with Crippen LogP contribution in [0, 0.1) is 0 Å². The smallest absolute Gasteiger partial charge is 0.306 e. The van der Waals surface area contributed by atoms with Crippen molar-refractivity contribution in [1.82, 2.24) is 0 Å². The summed E-state index contributed by atoms with van der Waals surface area (Å²) >= 11 is 0. The zero-order chi connectivity index (χ0) is 50.6. The first-order valence-corrected chi connectivity index (χ1v) is 30.1. The fourth-order valence-corrected chi connectivity index (χ4v) is 8.67. The van der Waals surface area contributed by atoms with Crippen molar-refractivity contribution in [2.45, 2.75) is 302 Å². The highest BCUT2D eigenvalue weighted by molar-refractivity contribution is 5.70. The minimum absolute atomic E-state index is 0.0715. The molecular formula is C65H114O5. The summed E-state index contributed by atoms with van der Waals surface area (Å²) in [6.45, 7) is 4.03. The molecule has 0 saturated heterocycles. The summed E-state index contributed by atoms with van der Waals surface area (Å²) in [6, 6.07) is 0. The van der Waals surface area contributed by atoms with Gasteiger partial charge in [0.1, 0.15) is 6.61 Å². The van der Waals surface area contributed by atoms with Gasteiger partial charge in [-0.1, -0.05) is 279 Å². The van der Waals surface area contributed by atoms with E-state index in [4.69, 9.17) is 9.47 Å². The van der Waals surface area contributed by atoms with E-state index >= 15 is 0 Å². The summed E-state index contributed by atoms with van der Waals surface area (Å²) in [4.78, 5) is 24.6. The number of allylic oxidation sites excluding steroid dienone is 14. The highest BCUT2D eigenvalue weighted by atomic mass is 16.6. The second-order valence-electron chi connectivity index (χ2n) is 20.0. The Morgan fingerprint density at radius 2 is 0.614 bits per heavy atom. The number of rotatable bonds is 55. The number of esters is 2. The van der Waals surface area contributed by atoms with Crippen LogP contribution >= 0.6 is 0 Å². The van der Waals surface area contributed by atoms with Crippen LogP contribution in [0.5, 0.6) is 0 Å². The van der Waals surface area contributed by atoms with Gasteiger partial charge < -0.3 is 14.6 Å². The Morgan fingerprint density at radius 3 is 0.929 bits per heavy atom. The van der Waals surface area contributed by atoms with Gasteiger partial charge in [0.05, 0.1) is 6.61 Å². The zero-order valence-corrected chi connectivity index (χ0v) is 46.3. The Bertz CT molecular complexity index is 1290. The van der Waals surface area contributed by atoms with Gasteiger partial charge in [-0.25, -0.2) is 0 Å². The average Bonchev–Trinajstić information content (AvgIpc) is 3.36. The lowest BCUT2D eigenvalue weighted by Crippen LogP contribution is -2.28. The summed E-state index contributed by atoms with van der Waals surface area (Å²) in [5.41, 5.74) is 0. The van der Waals surface area contributed by atoms with Gasteiger partial charge in [0, 0.05) is 12.8 Å².